The normalized spacial score (nSPS) is 47.7. The van der Waals surface area contributed by atoms with Gasteiger partial charge in [-0.1, -0.05) is 13.3 Å². The summed E-state index contributed by atoms with van der Waals surface area (Å²) in [5.41, 5.74) is -0.932. The van der Waals surface area contributed by atoms with Gasteiger partial charge in [-0.05, 0) is 31.1 Å². The number of aliphatic hydroxyl groups is 1. The zero-order chi connectivity index (χ0) is 8.77. The van der Waals surface area contributed by atoms with Crippen LogP contribution in [0.15, 0.2) is 0 Å². The molecule has 0 saturated heterocycles. The lowest BCUT2D eigenvalue weighted by Crippen LogP contribution is -2.48. The van der Waals surface area contributed by atoms with Crippen LogP contribution in [0.2, 0.25) is 0 Å². The molecule has 2 saturated carbocycles. The van der Waals surface area contributed by atoms with Crippen molar-refractivity contribution in [3.63, 3.8) is 0 Å². The molecule has 3 atom stereocenters. The van der Waals surface area contributed by atoms with Gasteiger partial charge >= 0.3 is 0 Å². The van der Waals surface area contributed by atoms with E-state index in [-0.39, 0.29) is 17.6 Å². The molecule has 0 aliphatic heterocycles. The molecule has 12 heavy (non-hydrogen) atoms. The number of fused-ring (bicyclic) bond motifs is 1. The first-order valence-corrected chi connectivity index (χ1v) is 4.91. The minimum absolute atomic E-state index is 0.0969. The molecule has 2 aliphatic carbocycles. The summed E-state index contributed by atoms with van der Waals surface area (Å²) >= 11 is 0. The first-order valence-electron chi connectivity index (χ1n) is 4.91. The van der Waals surface area contributed by atoms with Crippen molar-refractivity contribution in [3.05, 3.63) is 0 Å². The second kappa shape index (κ2) is 2.56. The number of ketones is 1. The third kappa shape index (κ3) is 0.875. The van der Waals surface area contributed by atoms with Crippen LogP contribution in [0.25, 0.3) is 0 Å². The molecule has 0 aromatic rings. The van der Waals surface area contributed by atoms with E-state index >= 15 is 0 Å². The average molecular weight is 168 g/mol. The van der Waals surface area contributed by atoms with E-state index in [4.69, 9.17) is 0 Å². The number of rotatable bonds is 0. The number of carbonyl (C=O) groups excluding carboxylic acids is 1. The first kappa shape index (κ1) is 8.24. The Hall–Kier alpha value is -0.370. The lowest BCUT2D eigenvalue weighted by Gasteiger charge is -2.38. The molecule has 0 radical (unpaired) electrons. The van der Waals surface area contributed by atoms with Gasteiger partial charge in [-0.2, -0.15) is 0 Å². The van der Waals surface area contributed by atoms with Crippen LogP contribution in [-0.4, -0.2) is 16.5 Å². The highest BCUT2D eigenvalue weighted by atomic mass is 16.3. The van der Waals surface area contributed by atoms with Crippen molar-refractivity contribution in [2.24, 2.45) is 11.8 Å². The van der Waals surface area contributed by atoms with E-state index in [1.165, 1.54) is 6.42 Å². The molecular weight excluding hydrogens is 152 g/mol. The summed E-state index contributed by atoms with van der Waals surface area (Å²) in [6.07, 6.45) is 4.76. The van der Waals surface area contributed by atoms with E-state index in [9.17, 15) is 9.90 Å². The van der Waals surface area contributed by atoms with Crippen LogP contribution in [0.4, 0.5) is 0 Å². The first-order chi connectivity index (χ1) is 5.65. The van der Waals surface area contributed by atoms with Gasteiger partial charge in [0.2, 0.25) is 0 Å². The van der Waals surface area contributed by atoms with Crippen LogP contribution in [0.5, 0.6) is 0 Å². The summed E-state index contributed by atoms with van der Waals surface area (Å²) in [7, 11) is 0. The van der Waals surface area contributed by atoms with E-state index in [2.05, 4.69) is 0 Å². The van der Waals surface area contributed by atoms with E-state index < -0.39 is 5.60 Å². The smallest absolute Gasteiger partial charge is 0.164 e. The number of hydrogen-bond donors (Lipinski definition) is 1. The van der Waals surface area contributed by atoms with Gasteiger partial charge < -0.3 is 5.11 Å². The van der Waals surface area contributed by atoms with Gasteiger partial charge in [-0.25, -0.2) is 0 Å². The summed E-state index contributed by atoms with van der Waals surface area (Å²) < 4.78 is 0. The highest BCUT2D eigenvalue weighted by molar-refractivity contribution is 5.90. The largest absolute Gasteiger partial charge is 0.382 e. The summed E-state index contributed by atoms with van der Waals surface area (Å²) in [5, 5.41) is 10.2. The second-order valence-corrected chi connectivity index (χ2v) is 4.32. The van der Waals surface area contributed by atoms with Crippen LogP contribution in [0, 0.1) is 11.8 Å². The Balaban J connectivity index is 2.30. The molecule has 2 rings (SSSR count). The molecule has 2 fully saturated rings. The Morgan fingerprint density at radius 2 is 2.17 bits per heavy atom. The maximum atomic E-state index is 11.5. The maximum absolute atomic E-state index is 11.5. The second-order valence-electron chi connectivity index (χ2n) is 4.32. The van der Waals surface area contributed by atoms with Crippen molar-refractivity contribution >= 4 is 5.78 Å². The van der Waals surface area contributed by atoms with E-state index in [0.29, 0.717) is 6.42 Å². The van der Waals surface area contributed by atoms with Crippen molar-refractivity contribution < 1.29 is 9.90 Å². The topological polar surface area (TPSA) is 37.3 Å². The fourth-order valence-electron chi connectivity index (χ4n) is 2.89. The highest BCUT2D eigenvalue weighted by Gasteiger charge is 2.53. The number of carbonyl (C=O) groups is 1. The Morgan fingerprint density at radius 1 is 1.42 bits per heavy atom. The highest BCUT2D eigenvalue weighted by Crippen LogP contribution is 2.46. The van der Waals surface area contributed by atoms with Crippen molar-refractivity contribution in [3.8, 4) is 0 Å². The third-order valence-electron chi connectivity index (χ3n) is 3.73. The third-order valence-corrected chi connectivity index (χ3v) is 3.73. The molecular formula is C10H16O2. The number of Topliss-reactive ketones (excluding diaryl/α,β-unsaturated/α-hetero) is 1. The monoisotopic (exact) mass is 168 g/mol. The fraction of sp³-hybridized carbons (Fsp3) is 0.900. The predicted octanol–water partition coefficient (Wildman–Crippen LogP) is 1.52. The summed E-state index contributed by atoms with van der Waals surface area (Å²) in [4.78, 5) is 11.5. The zero-order valence-electron chi connectivity index (χ0n) is 7.55. The Kier molecular flexibility index (Phi) is 1.76. The van der Waals surface area contributed by atoms with Crippen molar-refractivity contribution in [1.82, 2.24) is 0 Å². The van der Waals surface area contributed by atoms with E-state index in [0.717, 1.165) is 19.3 Å². The van der Waals surface area contributed by atoms with Gasteiger partial charge in [-0.15, -0.1) is 0 Å². The maximum Gasteiger partial charge on any atom is 0.164 e. The molecule has 0 aromatic carbocycles. The summed E-state index contributed by atoms with van der Waals surface area (Å²) in [5.74, 6) is 0.555. The Morgan fingerprint density at radius 3 is 2.83 bits per heavy atom. The lowest BCUT2D eigenvalue weighted by molar-refractivity contribution is -0.146. The quantitative estimate of drug-likeness (QED) is 0.595. The molecule has 0 aromatic heterocycles. The molecule has 1 N–H and O–H groups in total. The molecule has 2 aliphatic rings. The summed E-state index contributed by atoms with van der Waals surface area (Å²) in [6.45, 7) is 2.01. The van der Waals surface area contributed by atoms with Gasteiger partial charge in [0.25, 0.3) is 0 Å². The predicted molar refractivity (Wildman–Crippen MR) is 45.7 cm³/mol. The minimum Gasteiger partial charge on any atom is -0.382 e. The van der Waals surface area contributed by atoms with E-state index in [1.807, 2.05) is 6.92 Å². The lowest BCUT2D eigenvalue weighted by atomic mass is 9.70. The fourth-order valence-corrected chi connectivity index (χ4v) is 2.89. The molecule has 0 heterocycles. The van der Waals surface area contributed by atoms with Crippen LogP contribution in [-0.2, 0) is 4.79 Å². The van der Waals surface area contributed by atoms with Gasteiger partial charge in [0.15, 0.2) is 5.78 Å². The minimum atomic E-state index is -0.932. The van der Waals surface area contributed by atoms with E-state index in [1.54, 1.807) is 0 Å². The SMILES string of the molecule is C[C@H]1CCC[C@H]2CCC(=O)[C@]21O. The van der Waals surface area contributed by atoms with Gasteiger partial charge in [0.1, 0.15) is 5.60 Å². The molecule has 0 bridgehead atoms. The van der Waals surface area contributed by atoms with Crippen LogP contribution in [0.3, 0.4) is 0 Å². The van der Waals surface area contributed by atoms with Gasteiger partial charge in [0, 0.05) is 6.42 Å². The average Bonchev–Trinajstić information content (AvgIpc) is 2.33. The molecule has 2 heteroatoms. The van der Waals surface area contributed by atoms with Crippen LogP contribution in [0.1, 0.15) is 39.0 Å². The molecule has 0 spiro atoms. The van der Waals surface area contributed by atoms with Gasteiger partial charge in [-0.3, -0.25) is 4.79 Å². The zero-order valence-corrected chi connectivity index (χ0v) is 7.55. The number of hydrogen-bond acceptors (Lipinski definition) is 2. The standard InChI is InChI=1S/C10H16O2/c1-7-3-2-4-8-5-6-9(11)10(7,8)12/h7-8,12H,2-6H2,1H3/t7-,8-,10+/m0/s1. The van der Waals surface area contributed by atoms with Crippen LogP contribution < -0.4 is 0 Å². The molecule has 0 amide bonds. The van der Waals surface area contributed by atoms with Gasteiger partial charge in [0.05, 0.1) is 0 Å². The van der Waals surface area contributed by atoms with Crippen molar-refractivity contribution in [2.75, 3.05) is 0 Å². The Labute approximate surface area is 73.0 Å². The molecule has 0 unspecified atom stereocenters. The van der Waals surface area contributed by atoms with Crippen molar-refractivity contribution in [2.45, 2.75) is 44.6 Å². The Bertz CT molecular complexity index is 212. The van der Waals surface area contributed by atoms with Crippen LogP contribution >= 0.6 is 0 Å². The van der Waals surface area contributed by atoms with Crippen molar-refractivity contribution in [1.29, 1.82) is 0 Å². The molecule has 2 nitrogen and oxygen atoms in total. The summed E-state index contributed by atoms with van der Waals surface area (Å²) in [6, 6.07) is 0. The molecule has 68 valence electrons.